The summed E-state index contributed by atoms with van der Waals surface area (Å²) >= 11 is 0. The molecule has 2 N–H and O–H groups in total. The van der Waals surface area contributed by atoms with E-state index < -0.39 is 16.9 Å². The Morgan fingerprint density at radius 1 is 0.974 bits per heavy atom. The fraction of sp³-hybridized carbons (Fsp3) is 0.258. The lowest BCUT2D eigenvalue weighted by Crippen LogP contribution is -2.62. The first-order chi connectivity index (χ1) is 18.5. The van der Waals surface area contributed by atoms with Gasteiger partial charge in [0.2, 0.25) is 5.91 Å². The number of Topliss-reactive ketones (excluding diaryl/α,β-unsaturated/α-hetero) is 1. The molecule has 0 aromatic heterocycles. The quantitative estimate of drug-likeness (QED) is 0.400. The fourth-order valence-corrected chi connectivity index (χ4v) is 7.61. The maximum atomic E-state index is 14.7. The van der Waals surface area contributed by atoms with Gasteiger partial charge >= 0.3 is 0 Å². The number of hydrogen-bond donors (Lipinski definition) is 2. The number of para-hydroxylation sites is 2. The second-order valence-electron chi connectivity index (χ2n) is 10.4. The number of ketones is 1. The van der Waals surface area contributed by atoms with E-state index in [2.05, 4.69) is 22.1 Å². The van der Waals surface area contributed by atoms with E-state index >= 15 is 0 Å². The van der Waals surface area contributed by atoms with Gasteiger partial charge in [0.05, 0.1) is 5.92 Å². The lowest BCUT2D eigenvalue weighted by molar-refractivity contribution is -0.137. The van der Waals surface area contributed by atoms with Gasteiger partial charge in [0, 0.05) is 28.5 Å². The molecule has 4 heterocycles. The third-order valence-corrected chi connectivity index (χ3v) is 8.77. The van der Waals surface area contributed by atoms with Gasteiger partial charge < -0.3 is 15.4 Å². The number of carbonyl (C=O) groups excluding carboxylic acids is 3. The number of benzene rings is 3. The summed E-state index contributed by atoms with van der Waals surface area (Å²) in [5, 5.41) is 6.14. The largest absolute Gasteiger partial charge is 0.490 e. The van der Waals surface area contributed by atoms with Crippen molar-refractivity contribution in [1.29, 1.82) is 0 Å². The fourth-order valence-electron chi connectivity index (χ4n) is 7.61. The van der Waals surface area contributed by atoms with E-state index in [4.69, 9.17) is 4.74 Å². The number of ether oxygens (including phenoxy) is 1. The molecule has 0 aliphatic carbocycles. The minimum atomic E-state index is -1.44. The summed E-state index contributed by atoms with van der Waals surface area (Å²) in [6, 6.07) is 21.9. The standard InChI is InChI=1S/C31H27N3O4/c1-2-17-38-20-10-7-9-19(18-20)27(35)26-25-15-8-16-34(25)31(22-12-4-6-14-24(22)33-29(31)37)30(26)21-11-3-5-13-23(21)32-28(30)36/h2-7,9-14,18,25-26H,1,8,15-17H2,(H,32,36)(H,33,37)/t25-,26-,30+,31-/m1/s1. The first kappa shape index (κ1) is 22.9. The van der Waals surface area contributed by atoms with Crippen molar-refractivity contribution < 1.29 is 19.1 Å². The van der Waals surface area contributed by atoms with Crippen LogP contribution in [0.2, 0.25) is 0 Å². The highest BCUT2D eigenvalue weighted by Crippen LogP contribution is 2.67. The molecule has 7 heteroatoms. The van der Waals surface area contributed by atoms with E-state index in [1.165, 1.54) is 0 Å². The number of nitrogens with one attached hydrogen (secondary N) is 2. The molecule has 3 aromatic rings. The Hall–Kier alpha value is -4.23. The molecule has 7 rings (SSSR count). The zero-order valence-corrected chi connectivity index (χ0v) is 20.8. The number of nitrogens with zero attached hydrogens (tertiary/aromatic N) is 1. The number of carbonyl (C=O) groups is 3. The first-order valence-corrected chi connectivity index (χ1v) is 13.0. The number of anilines is 2. The molecule has 0 saturated carbocycles. The van der Waals surface area contributed by atoms with Crippen LogP contribution in [0.15, 0.2) is 85.5 Å². The van der Waals surface area contributed by atoms with Gasteiger partial charge in [-0.3, -0.25) is 19.3 Å². The second-order valence-corrected chi connectivity index (χ2v) is 10.4. The predicted molar refractivity (Wildman–Crippen MR) is 143 cm³/mol. The second kappa shape index (κ2) is 8.13. The molecule has 3 aromatic carbocycles. The monoisotopic (exact) mass is 505 g/mol. The zero-order valence-electron chi connectivity index (χ0n) is 20.8. The molecule has 0 bridgehead atoms. The van der Waals surface area contributed by atoms with Gasteiger partial charge in [-0.05, 0) is 49.2 Å². The minimum Gasteiger partial charge on any atom is -0.490 e. The Bertz CT molecular complexity index is 1530. The number of rotatable bonds is 5. The van der Waals surface area contributed by atoms with E-state index in [-0.39, 0.29) is 23.6 Å². The number of fused-ring (bicyclic) bond motifs is 7. The van der Waals surface area contributed by atoms with Crippen molar-refractivity contribution in [2.24, 2.45) is 5.92 Å². The van der Waals surface area contributed by atoms with Crippen LogP contribution >= 0.6 is 0 Å². The average Bonchev–Trinajstić information content (AvgIpc) is 3.66. The third kappa shape index (κ3) is 2.64. The Morgan fingerprint density at radius 3 is 2.47 bits per heavy atom. The van der Waals surface area contributed by atoms with Gasteiger partial charge in [-0.25, -0.2) is 0 Å². The summed E-state index contributed by atoms with van der Waals surface area (Å²) < 4.78 is 5.72. The number of hydrogen-bond acceptors (Lipinski definition) is 5. The molecule has 0 radical (unpaired) electrons. The number of amides is 2. The molecule has 2 fully saturated rings. The van der Waals surface area contributed by atoms with Crippen LogP contribution in [0.5, 0.6) is 5.75 Å². The van der Waals surface area contributed by atoms with Crippen molar-refractivity contribution in [2.75, 3.05) is 23.8 Å². The summed E-state index contributed by atoms with van der Waals surface area (Å²) in [6.07, 6.45) is 3.21. The highest BCUT2D eigenvalue weighted by Gasteiger charge is 2.81. The van der Waals surface area contributed by atoms with Gasteiger partial charge in [0.25, 0.3) is 5.91 Å². The molecule has 0 unspecified atom stereocenters. The van der Waals surface area contributed by atoms with Gasteiger partial charge in [-0.1, -0.05) is 61.2 Å². The summed E-state index contributed by atoms with van der Waals surface area (Å²) in [6.45, 7) is 4.63. The molecule has 4 atom stereocenters. The van der Waals surface area contributed by atoms with E-state index in [0.717, 1.165) is 18.4 Å². The molecule has 4 aliphatic rings. The molecule has 7 nitrogen and oxygen atoms in total. The van der Waals surface area contributed by atoms with E-state index in [9.17, 15) is 14.4 Å². The normalized spacial score (nSPS) is 28.6. The highest BCUT2D eigenvalue weighted by atomic mass is 16.5. The average molecular weight is 506 g/mol. The van der Waals surface area contributed by atoms with Gasteiger partial charge in [-0.15, -0.1) is 0 Å². The van der Waals surface area contributed by atoms with Crippen LogP contribution in [0, 0.1) is 5.92 Å². The van der Waals surface area contributed by atoms with Crippen molar-refractivity contribution in [3.8, 4) is 5.75 Å². The van der Waals surface area contributed by atoms with Crippen molar-refractivity contribution in [3.05, 3.63) is 102 Å². The lowest BCUT2D eigenvalue weighted by Gasteiger charge is -2.43. The lowest BCUT2D eigenvalue weighted by atomic mass is 9.57. The van der Waals surface area contributed by atoms with Crippen LogP contribution in [-0.2, 0) is 20.5 Å². The predicted octanol–water partition coefficient (Wildman–Crippen LogP) is 4.27. The van der Waals surface area contributed by atoms with Crippen LogP contribution in [0.3, 0.4) is 0 Å². The van der Waals surface area contributed by atoms with Crippen molar-refractivity contribution in [2.45, 2.75) is 29.8 Å². The maximum Gasteiger partial charge on any atom is 0.251 e. The molecule has 38 heavy (non-hydrogen) atoms. The molecule has 4 aliphatic heterocycles. The molecule has 190 valence electrons. The Labute approximate surface area is 220 Å². The first-order valence-electron chi connectivity index (χ1n) is 13.0. The van der Waals surface area contributed by atoms with Crippen LogP contribution in [0.4, 0.5) is 11.4 Å². The Balaban J connectivity index is 1.51. The molecular weight excluding hydrogens is 478 g/mol. The van der Waals surface area contributed by atoms with Crippen LogP contribution < -0.4 is 15.4 Å². The van der Waals surface area contributed by atoms with E-state index in [0.29, 0.717) is 41.4 Å². The van der Waals surface area contributed by atoms with Crippen LogP contribution in [-0.4, -0.2) is 41.7 Å². The Kier molecular flexibility index (Phi) is 4.91. The van der Waals surface area contributed by atoms with Gasteiger partial charge in [-0.2, -0.15) is 0 Å². The minimum absolute atomic E-state index is 0.160. The van der Waals surface area contributed by atoms with Crippen LogP contribution in [0.1, 0.15) is 34.3 Å². The van der Waals surface area contributed by atoms with Crippen molar-refractivity contribution in [1.82, 2.24) is 4.90 Å². The Morgan fingerprint density at radius 2 is 1.68 bits per heavy atom. The molecular formula is C31H27N3O4. The van der Waals surface area contributed by atoms with Crippen molar-refractivity contribution in [3.63, 3.8) is 0 Å². The van der Waals surface area contributed by atoms with Gasteiger partial charge in [0.1, 0.15) is 23.3 Å². The molecule has 2 spiro atoms. The third-order valence-electron chi connectivity index (χ3n) is 8.77. The summed E-state index contributed by atoms with van der Waals surface area (Å²) in [5.74, 6) is -0.943. The summed E-state index contributed by atoms with van der Waals surface area (Å²) in [5.41, 5.74) is 0.456. The zero-order chi connectivity index (χ0) is 26.1. The summed E-state index contributed by atoms with van der Waals surface area (Å²) in [4.78, 5) is 45.6. The van der Waals surface area contributed by atoms with Gasteiger partial charge in [0.15, 0.2) is 5.78 Å². The topological polar surface area (TPSA) is 87.7 Å². The summed E-state index contributed by atoms with van der Waals surface area (Å²) in [7, 11) is 0. The SMILES string of the molecule is C=CCOc1cccc(C(=O)[C@H]2[C@H]3CCCN3[C@]3(C(=O)Nc4ccccc43)[C@]23C(=O)Nc2ccccc23)c1. The highest BCUT2D eigenvalue weighted by molar-refractivity contribution is 6.21. The van der Waals surface area contributed by atoms with E-state index in [1.807, 2.05) is 48.5 Å². The maximum absolute atomic E-state index is 14.7. The van der Waals surface area contributed by atoms with E-state index in [1.54, 1.807) is 30.3 Å². The molecule has 2 amide bonds. The van der Waals surface area contributed by atoms with Crippen molar-refractivity contribution >= 4 is 29.0 Å². The van der Waals surface area contributed by atoms with Crippen LogP contribution in [0.25, 0.3) is 0 Å². The molecule has 2 saturated heterocycles. The smallest absolute Gasteiger partial charge is 0.251 e.